The van der Waals surface area contributed by atoms with Gasteiger partial charge in [-0.25, -0.2) is 0 Å². The summed E-state index contributed by atoms with van der Waals surface area (Å²) in [6.45, 7) is 4.60. The first kappa shape index (κ1) is 33.6. The van der Waals surface area contributed by atoms with Gasteiger partial charge in [0.2, 0.25) is 5.91 Å². The molecule has 0 heterocycles. The SMILES string of the molecule is CCCCOc1ccc(NC(=O)C(C)Sc2ccc(NC(=O)/C(=C/c3cccc(Cl)c3Cl)NC(=O)c3ccccc3)cc2)cc1. The first-order chi connectivity index (χ1) is 21.7. The molecular weight excluding hydrogens is 629 g/mol. The summed E-state index contributed by atoms with van der Waals surface area (Å²) >= 11 is 13.9. The third-order valence-corrected chi connectivity index (χ3v) is 8.44. The van der Waals surface area contributed by atoms with Crippen LogP contribution in [-0.4, -0.2) is 29.6 Å². The minimum Gasteiger partial charge on any atom is -0.494 e. The maximum atomic E-state index is 13.4. The molecule has 0 spiro atoms. The molecule has 0 saturated carbocycles. The van der Waals surface area contributed by atoms with Crippen molar-refractivity contribution in [2.75, 3.05) is 17.2 Å². The second-order valence-electron chi connectivity index (χ2n) is 9.98. The monoisotopic (exact) mass is 661 g/mol. The number of benzene rings is 4. The lowest BCUT2D eigenvalue weighted by atomic mass is 10.1. The number of carbonyl (C=O) groups is 3. The number of carbonyl (C=O) groups excluding carboxylic acids is 3. The van der Waals surface area contributed by atoms with Crippen molar-refractivity contribution in [3.05, 3.63) is 124 Å². The quantitative estimate of drug-likeness (QED) is 0.0756. The van der Waals surface area contributed by atoms with E-state index in [4.69, 9.17) is 27.9 Å². The van der Waals surface area contributed by atoms with Crippen LogP contribution in [0.5, 0.6) is 5.75 Å². The number of rotatable bonds is 13. The average molecular weight is 663 g/mol. The highest BCUT2D eigenvalue weighted by molar-refractivity contribution is 8.00. The summed E-state index contributed by atoms with van der Waals surface area (Å²) in [4.78, 5) is 39.9. The van der Waals surface area contributed by atoms with Crippen LogP contribution in [0.1, 0.15) is 42.6 Å². The lowest BCUT2D eigenvalue weighted by Gasteiger charge is -2.14. The Kier molecular flexibility index (Phi) is 12.5. The minimum absolute atomic E-state index is 0.0164. The molecule has 4 aromatic rings. The lowest BCUT2D eigenvalue weighted by Crippen LogP contribution is -2.30. The molecule has 0 fully saturated rings. The normalized spacial score (nSPS) is 11.8. The molecule has 3 amide bonds. The smallest absolute Gasteiger partial charge is 0.272 e. The van der Waals surface area contributed by atoms with Crippen LogP contribution in [0.15, 0.2) is 108 Å². The van der Waals surface area contributed by atoms with Crippen molar-refractivity contribution in [2.24, 2.45) is 0 Å². The van der Waals surface area contributed by atoms with Crippen molar-refractivity contribution < 1.29 is 19.1 Å². The molecule has 4 rings (SSSR count). The zero-order valence-electron chi connectivity index (χ0n) is 24.8. The summed E-state index contributed by atoms with van der Waals surface area (Å²) < 4.78 is 5.68. The molecule has 7 nitrogen and oxygen atoms in total. The highest BCUT2D eigenvalue weighted by Gasteiger charge is 2.18. The van der Waals surface area contributed by atoms with Crippen LogP contribution in [0.4, 0.5) is 11.4 Å². The van der Waals surface area contributed by atoms with Gasteiger partial charge in [-0.3, -0.25) is 14.4 Å². The van der Waals surface area contributed by atoms with E-state index in [1.54, 1.807) is 60.7 Å². The van der Waals surface area contributed by atoms with E-state index in [1.807, 2.05) is 43.3 Å². The van der Waals surface area contributed by atoms with Gasteiger partial charge in [0.05, 0.1) is 21.9 Å². The second kappa shape index (κ2) is 16.7. The van der Waals surface area contributed by atoms with Gasteiger partial charge in [0.15, 0.2) is 0 Å². The first-order valence-electron chi connectivity index (χ1n) is 14.4. The van der Waals surface area contributed by atoms with E-state index in [-0.39, 0.29) is 21.9 Å². The standard InChI is InChI=1S/C35H33Cl2N3O4S/c1-3-4-21-44-28-17-13-26(14-18-28)38-33(41)23(2)45-29-19-15-27(16-20-29)39-35(43)31(22-25-11-8-12-30(36)32(25)37)40-34(42)24-9-6-5-7-10-24/h5-20,22-23H,3-4,21H2,1-2H3,(H,38,41)(H,39,43)(H,40,42)/b31-22-. The van der Waals surface area contributed by atoms with E-state index in [0.717, 1.165) is 23.5 Å². The fourth-order valence-electron chi connectivity index (χ4n) is 4.02. The molecule has 0 aliphatic carbocycles. The Morgan fingerprint density at radius 1 is 0.844 bits per heavy atom. The number of nitrogens with one attached hydrogen (secondary N) is 3. The van der Waals surface area contributed by atoms with Crippen LogP contribution in [-0.2, 0) is 9.59 Å². The van der Waals surface area contributed by atoms with Crippen LogP contribution < -0.4 is 20.7 Å². The Morgan fingerprint density at radius 2 is 1.51 bits per heavy atom. The van der Waals surface area contributed by atoms with Gasteiger partial charge >= 0.3 is 0 Å². The van der Waals surface area contributed by atoms with Crippen LogP contribution in [0.3, 0.4) is 0 Å². The molecule has 0 radical (unpaired) electrons. The predicted molar refractivity (Wildman–Crippen MR) is 184 cm³/mol. The van der Waals surface area contributed by atoms with E-state index in [9.17, 15) is 14.4 Å². The number of halogens is 2. The number of unbranched alkanes of at least 4 members (excludes halogenated alkanes) is 1. The summed E-state index contributed by atoms with van der Waals surface area (Å²) in [7, 11) is 0. The van der Waals surface area contributed by atoms with E-state index in [2.05, 4.69) is 22.9 Å². The van der Waals surface area contributed by atoms with E-state index in [0.29, 0.717) is 34.1 Å². The molecule has 232 valence electrons. The van der Waals surface area contributed by atoms with Crippen LogP contribution in [0.2, 0.25) is 10.0 Å². The van der Waals surface area contributed by atoms with Gasteiger partial charge in [0, 0.05) is 21.8 Å². The van der Waals surface area contributed by atoms with E-state index in [1.165, 1.54) is 17.8 Å². The maximum absolute atomic E-state index is 13.4. The van der Waals surface area contributed by atoms with Gasteiger partial charge in [-0.05, 0) is 91.7 Å². The summed E-state index contributed by atoms with van der Waals surface area (Å²) in [6.07, 6.45) is 3.53. The van der Waals surface area contributed by atoms with E-state index >= 15 is 0 Å². The maximum Gasteiger partial charge on any atom is 0.272 e. The largest absolute Gasteiger partial charge is 0.494 e. The Bertz CT molecular complexity index is 1650. The summed E-state index contributed by atoms with van der Waals surface area (Å²) in [5, 5.41) is 8.63. The number of anilines is 2. The number of amides is 3. The van der Waals surface area contributed by atoms with Gasteiger partial charge in [-0.1, -0.05) is 66.9 Å². The molecule has 0 bridgehead atoms. The third kappa shape index (κ3) is 10.1. The van der Waals surface area contributed by atoms with Crippen molar-refractivity contribution in [3.8, 4) is 5.75 Å². The molecule has 0 aliphatic rings. The molecule has 0 saturated heterocycles. The molecular formula is C35H33Cl2N3O4S. The Morgan fingerprint density at radius 3 is 2.20 bits per heavy atom. The Hall–Kier alpha value is -4.24. The van der Waals surface area contributed by atoms with Crippen molar-refractivity contribution in [1.29, 1.82) is 0 Å². The molecule has 1 atom stereocenters. The Labute approximate surface area is 277 Å². The van der Waals surface area contributed by atoms with Crippen LogP contribution >= 0.6 is 35.0 Å². The molecule has 10 heteroatoms. The van der Waals surface area contributed by atoms with Crippen molar-refractivity contribution in [2.45, 2.75) is 36.8 Å². The van der Waals surface area contributed by atoms with Gasteiger partial charge < -0.3 is 20.7 Å². The number of ether oxygens (including phenoxy) is 1. The number of hydrogen-bond donors (Lipinski definition) is 3. The van der Waals surface area contributed by atoms with Gasteiger partial charge in [0.1, 0.15) is 11.4 Å². The van der Waals surface area contributed by atoms with Crippen molar-refractivity contribution in [3.63, 3.8) is 0 Å². The zero-order chi connectivity index (χ0) is 32.2. The molecule has 0 aliphatic heterocycles. The van der Waals surface area contributed by atoms with Crippen LogP contribution in [0.25, 0.3) is 6.08 Å². The van der Waals surface area contributed by atoms with Crippen molar-refractivity contribution >= 4 is 70.1 Å². The topological polar surface area (TPSA) is 96.5 Å². The van der Waals surface area contributed by atoms with Gasteiger partial charge in [0.25, 0.3) is 11.8 Å². The fourth-order valence-corrected chi connectivity index (χ4v) is 5.25. The average Bonchev–Trinajstić information content (AvgIpc) is 3.05. The third-order valence-electron chi connectivity index (χ3n) is 6.49. The predicted octanol–water partition coefficient (Wildman–Crippen LogP) is 8.70. The highest BCUT2D eigenvalue weighted by Crippen LogP contribution is 2.28. The molecule has 0 aromatic heterocycles. The van der Waals surface area contributed by atoms with Crippen molar-refractivity contribution in [1.82, 2.24) is 5.32 Å². The number of hydrogen-bond acceptors (Lipinski definition) is 5. The van der Waals surface area contributed by atoms with Crippen LogP contribution in [0, 0.1) is 0 Å². The molecule has 45 heavy (non-hydrogen) atoms. The molecule has 1 unspecified atom stereocenters. The zero-order valence-corrected chi connectivity index (χ0v) is 27.1. The molecule has 3 N–H and O–H groups in total. The van der Waals surface area contributed by atoms with Gasteiger partial charge in [-0.2, -0.15) is 0 Å². The fraction of sp³-hybridized carbons (Fsp3) is 0.171. The minimum atomic E-state index is -0.551. The summed E-state index contributed by atoms with van der Waals surface area (Å²) in [6, 6.07) is 28.0. The second-order valence-corrected chi connectivity index (χ2v) is 12.2. The Balaban J connectivity index is 1.39. The van der Waals surface area contributed by atoms with E-state index < -0.39 is 11.8 Å². The van der Waals surface area contributed by atoms with Gasteiger partial charge in [-0.15, -0.1) is 11.8 Å². The highest BCUT2D eigenvalue weighted by atomic mass is 35.5. The summed E-state index contributed by atoms with van der Waals surface area (Å²) in [5.41, 5.74) is 2.03. The first-order valence-corrected chi connectivity index (χ1v) is 16.0. The lowest BCUT2D eigenvalue weighted by molar-refractivity contribution is -0.115. The molecule has 4 aromatic carbocycles. The summed E-state index contributed by atoms with van der Waals surface area (Å²) in [5.74, 6) is -0.373. The number of thioether (sulfide) groups is 1.